The van der Waals surface area contributed by atoms with Crippen LogP contribution in [0.1, 0.15) is 50.8 Å². The Morgan fingerprint density at radius 3 is 2.09 bits per heavy atom. The predicted octanol–water partition coefficient (Wildman–Crippen LogP) is 1.93. The van der Waals surface area contributed by atoms with Crippen molar-refractivity contribution in [1.82, 2.24) is 10.6 Å². The number of thioether (sulfide) groups is 1. The van der Waals surface area contributed by atoms with Gasteiger partial charge in [-0.25, -0.2) is 4.79 Å². The lowest BCUT2D eigenvalue weighted by Gasteiger charge is -2.48. The second-order valence-electron chi connectivity index (χ2n) is 12.0. The second-order valence-corrected chi connectivity index (χ2v) is 13.3. The molecule has 3 rings (SSSR count). The van der Waals surface area contributed by atoms with Crippen molar-refractivity contribution in [1.29, 1.82) is 0 Å². The van der Waals surface area contributed by atoms with E-state index in [4.69, 9.17) is 34.8 Å². The molecule has 1 heterocycles. The minimum atomic E-state index is -2.02. The minimum Gasteiger partial charge on any atom is -0.466 e. The van der Waals surface area contributed by atoms with Crippen LogP contribution in [0.25, 0.3) is 0 Å². The zero-order chi connectivity index (χ0) is 39.3. The zero-order valence-electron chi connectivity index (χ0n) is 30.1. The first-order valence-electron chi connectivity index (χ1n) is 16.3. The van der Waals surface area contributed by atoms with E-state index >= 15 is 0 Å². The molecule has 53 heavy (non-hydrogen) atoms. The van der Waals surface area contributed by atoms with E-state index in [9.17, 15) is 33.6 Å². The third-order valence-electron chi connectivity index (χ3n) is 7.70. The van der Waals surface area contributed by atoms with Gasteiger partial charge in [0.1, 0.15) is 12.2 Å². The topological polar surface area (TPSA) is 199 Å². The maximum Gasteiger partial charge on any atom is 0.349 e. The van der Waals surface area contributed by atoms with E-state index in [0.717, 1.165) is 52.1 Å². The highest BCUT2D eigenvalue weighted by Gasteiger charge is 2.59. The third-order valence-corrected chi connectivity index (χ3v) is 8.96. The van der Waals surface area contributed by atoms with Crippen LogP contribution in [-0.4, -0.2) is 97.3 Å². The average molecular weight is 755 g/mol. The van der Waals surface area contributed by atoms with Gasteiger partial charge in [-0.1, -0.05) is 47.5 Å². The molecule has 0 unspecified atom stereocenters. The van der Waals surface area contributed by atoms with Crippen LogP contribution in [0, 0.1) is 19.3 Å². The molecule has 284 valence electrons. The highest BCUT2D eigenvalue weighted by Crippen LogP contribution is 2.46. The molecule has 0 aliphatic carbocycles. The largest absolute Gasteiger partial charge is 0.466 e. The Bertz CT molecular complexity index is 1710. The van der Waals surface area contributed by atoms with Gasteiger partial charge in [-0.05, 0) is 36.8 Å². The van der Waals surface area contributed by atoms with Crippen LogP contribution in [0.4, 0.5) is 0 Å². The summed E-state index contributed by atoms with van der Waals surface area (Å²) in [6.45, 7) is 5.01. The summed E-state index contributed by atoms with van der Waals surface area (Å²) in [5, 5.41) is 5.26. The Balaban J connectivity index is 2.14. The molecule has 0 saturated carbocycles. The van der Waals surface area contributed by atoms with Crippen LogP contribution >= 0.6 is 11.8 Å². The summed E-state index contributed by atoms with van der Waals surface area (Å²) in [5.74, 6) is -3.13. The van der Waals surface area contributed by atoms with Crippen molar-refractivity contribution < 1.29 is 62.0 Å². The van der Waals surface area contributed by atoms with Crippen LogP contribution < -0.4 is 10.6 Å². The lowest BCUT2D eigenvalue weighted by molar-refractivity contribution is -0.221. The van der Waals surface area contributed by atoms with E-state index < -0.39 is 96.6 Å². The lowest BCUT2D eigenvalue weighted by Crippen LogP contribution is -2.68. The molecular weight excluding hydrogens is 712 g/mol. The highest BCUT2D eigenvalue weighted by atomic mass is 32.2. The maximum atomic E-state index is 13.8. The Kier molecular flexibility index (Phi) is 15.4. The van der Waals surface area contributed by atoms with Gasteiger partial charge in [0.2, 0.25) is 10.8 Å². The Morgan fingerprint density at radius 2 is 1.55 bits per heavy atom. The van der Waals surface area contributed by atoms with E-state index in [1.165, 1.54) is 0 Å². The third kappa shape index (κ3) is 12.7. The number of aryl methyl sites for hydroxylation is 1. The number of methoxy groups -OCH3 is 1. The maximum absolute atomic E-state index is 13.8. The van der Waals surface area contributed by atoms with Gasteiger partial charge in [-0.3, -0.25) is 28.8 Å². The van der Waals surface area contributed by atoms with E-state index in [2.05, 4.69) is 16.6 Å². The first-order chi connectivity index (χ1) is 25.0. The molecule has 2 aromatic carbocycles. The number of ether oxygens (including phenoxy) is 6. The molecule has 6 atom stereocenters. The fourth-order valence-corrected chi connectivity index (χ4v) is 6.70. The predicted molar refractivity (Wildman–Crippen MR) is 188 cm³/mol. The molecule has 0 radical (unpaired) electrons. The number of carbonyl (C=O) groups is 7. The van der Waals surface area contributed by atoms with Gasteiger partial charge in [-0.15, -0.1) is 6.42 Å². The van der Waals surface area contributed by atoms with Crippen molar-refractivity contribution in [2.24, 2.45) is 0 Å². The Morgan fingerprint density at radius 1 is 0.906 bits per heavy atom. The van der Waals surface area contributed by atoms with Gasteiger partial charge in [0, 0.05) is 44.6 Å². The van der Waals surface area contributed by atoms with Crippen molar-refractivity contribution in [3.63, 3.8) is 0 Å². The number of hydrogen-bond donors (Lipinski definition) is 2. The average Bonchev–Trinajstić information content (AvgIpc) is 3.09. The fraction of sp³-hybridized carbons (Fsp3) is 0.432. The summed E-state index contributed by atoms with van der Waals surface area (Å²) in [6, 6.07) is 12.3. The zero-order valence-corrected chi connectivity index (χ0v) is 30.9. The molecule has 0 bridgehead atoms. The van der Waals surface area contributed by atoms with Crippen molar-refractivity contribution in [2.45, 2.75) is 87.7 Å². The fourth-order valence-electron chi connectivity index (χ4n) is 5.47. The summed E-state index contributed by atoms with van der Waals surface area (Å²) in [5.41, 5.74) is 2.16. The number of benzene rings is 2. The smallest absolute Gasteiger partial charge is 0.349 e. The number of terminal acetylenes is 1. The summed E-state index contributed by atoms with van der Waals surface area (Å²) in [6.07, 6.45) is -1.28. The Hall–Kier alpha value is -5.40. The first kappa shape index (κ1) is 42.0. The normalized spacial score (nSPS) is 20.3. The van der Waals surface area contributed by atoms with Gasteiger partial charge in [0.15, 0.2) is 18.8 Å². The number of hydrogen-bond acceptors (Lipinski definition) is 14. The second kappa shape index (κ2) is 19.4. The van der Waals surface area contributed by atoms with Crippen LogP contribution in [0.2, 0.25) is 0 Å². The monoisotopic (exact) mass is 754 g/mol. The van der Waals surface area contributed by atoms with Crippen molar-refractivity contribution in [3.8, 4) is 12.3 Å². The number of nitrogens with one attached hydrogen (secondary N) is 2. The van der Waals surface area contributed by atoms with Gasteiger partial charge in [0.25, 0.3) is 5.91 Å². The number of carbonyl (C=O) groups excluding carboxylic acids is 7. The van der Waals surface area contributed by atoms with Gasteiger partial charge < -0.3 is 39.1 Å². The molecule has 1 fully saturated rings. The summed E-state index contributed by atoms with van der Waals surface area (Å²) >= 11 is 0.907. The molecule has 15 nitrogen and oxygen atoms in total. The van der Waals surface area contributed by atoms with E-state index in [-0.39, 0.29) is 6.42 Å². The van der Waals surface area contributed by atoms with Crippen LogP contribution in [0.5, 0.6) is 0 Å². The van der Waals surface area contributed by atoms with Crippen LogP contribution in [0.15, 0.2) is 53.4 Å². The first-order valence-corrected chi connectivity index (χ1v) is 17.2. The standard InChI is InChI=1S/C37H42N2O13S/c1-8-26-11-13-27(14-12-26)17-31(44)38-19-30(50-24(5)42)34(51-25(6)43)35-33(39-32(45)20-48-22(3)40)29(49-23(4)41)18-37(52-35,36(46)47-7)53-28-15-9-21(2)10-16-28/h1,9-16,29-30,33-35H,17-20H2,2-7H3,(H,38,44)(H,39,45)/t29-,30+,33+,34+,35+,37-/m0/s1. The quantitative estimate of drug-likeness (QED) is 0.152. The molecule has 16 heteroatoms. The van der Waals surface area contributed by atoms with Crippen LogP contribution in [-0.2, 0) is 68.4 Å². The molecule has 2 aromatic rings. The molecule has 1 aliphatic rings. The molecule has 1 saturated heterocycles. The number of esters is 5. The molecule has 0 aromatic heterocycles. The Labute approximate surface area is 311 Å². The number of amides is 2. The van der Waals surface area contributed by atoms with Crippen molar-refractivity contribution in [2.75, 3.05) is 20.3 Å². The van der Waals surface area contributed by atoms with E-state index in [1.54, 1.807) is 48.5 Å². The molecule has 1 aliphatic heterocycles. The van der Waals surface area contributed by atoms with Gasteiger partial charge in [0.05, 0.1) is 26.1 Å². The molecular formula is C37H42N2O13S. The minimum absolute atomic E-state index is 0.0994. The van der Waals surface area contributed by atoms with Crippen molar-refractivity contribution in [3.05, 3.63) is 65.2 Å². The molecule has 2 N–H and O–H groups in total. The summed E-state index contributed by atoms with van der Waals surface area (Å²) in [4.78, 5) is 87.7. The molecule has 0 spiro atoms. The molecule has 2 amide bonds. The van der Waals surface area contributed by atoms with E-state index in [0.29, 0.717) is 16.0 Å². The highest BCUT2D eigenvalue weighted by molar-refractivity contribution is 8.01. The van der Waals surface area contributed by atoms with E-state index in [1.807, 2.05) is 6.92 Å². The SMILES string of the molecule is C#Cc1ccc(CC(=O)NC[C@@H](OC(C)=O)[C@@H](OC(C)=O)[C@@H]2O[C@@](Sc3ccc(C)cc3)(C(=O)OC)C[C@H](OC(C)=O)[C@H]2NC(=O)COC(C)=O)cc1. The van der Waals surface area contributed by atoms with Gasteiger partial charge >= 0.3 is 29.8 Å². The lowest BCUT2D eigenvalue weighted by atomic mass is 9.89. The number of rotatable bonds is 15. The van der Waals surface area contributed by atoms with Crippen molar-refractivity contribution >= 4 is 53.4 Å². The van der Waals surface area contributed by atoms with Crippen LogP contribution in [0.3, 0.4) is 0 Å². The van der Waals surface area contributed by atoms with Gasteiger partial charge in [-0.2, -0.15) is 0 Å². The summed E-state index contributed by atoms with van der Waals surface area (Å²) in [7, 11) is 1.12. The summed E-state index contributed by atoms with van der Waals surface area (Å²) < 4.78 is 33.5.